The third kappa shape index (κ3) is 6.94. The molecule has 7 nitrogen and oxygen atoms in total. The standard InChI is InChI=1S/C29H34ClN3O4S/c1-5-22(3)31-29(35)23(4)32(19-24-14-10-11-17-26(24)30)28(34)20-33(27-18-12-9-13-21(27)2)38(36,37)25-15-7-6-8-16-25/h6-18,22-23H,5,19-20H2,1-4H3,(H,31,35)/t22-,23-/m1/s1. The molecule has 3 aromatic rings. The molecule has 2 amide bonds. The maximum absolute atomic E-state index is 13.9. The van der Waals surface area contributed by atoms with Crippen molar-refractivity contribution in [3.05, 3.63) is 95.0 Å². The highest BCUT2D eigenvalue weighted by atomic mass is 35.5. The van der Waals surface area contributed by atoms with Crippen molar-refractivity contribution >= 4 is 39.1 Å². The van der Waals surface area contributed by atoms with Gasteiger partial charge in [0, 0.05) is 17.6 Å². The van der Waals surface area contributed by atoms with Gasteiger partial charge in [-0.1, -0.05) is 73.1 Å². The zero-order valence-corrected chi connectivity index (χ0v) is 23.7. The van der Waals surface area contributed by atoms with Crippen molar-refractivity contribution in [3.8, 4) is 0 Å². The van der Waals surface area contributed by atoms with Crippen LogP contribution in [0.2, 0.25) is 5.02 Å². The number of nitrogens with zero attached hydrogens (tertiary/aromatic N) is 2. The molecule has 0 fully saturated rings. The number of aryl methyl sites for hydroxylation is 1. The lowest BCUT2D eigenvalue weighted by molar-refractivity contribution is -0.139. The van der Waals surface area contributed by atoms with E-state index in [1.165, 1.54) is 17.0 Å². The minimum atomic E-state index is -4.10. The van der Waals surface area contributed by atoms with Gasteiger partial charge in [0.1, 0.15) is 12.6 Å². The number of hydrogen-bond acceptors (Lipinski definition) is 4. The number of carbonyl (C=O) groups is 2. The molecule has 0 saturated heterocycles. The van der Waals surface area contributed by atoms with Crippen molar-refractivity contribution in [3.63, 3.8) is 0 Å². The molecule has 38 heavy (non-hydrogen) atoms. The van der Waals surface area contributed by atoms with Gasteiger partial charge < -0.3 is 10.2 Å². The predicted molar refractivity (Wildman–Crippen MR) is 152 cm³/mol. The molecular weight excluding hydrogens is 522 g/mol. The fourth-order valence-electron chi connectivity index (χ4n) is 3.93. The quantitative estimate of drug-likeness (QED) is 0.353. The second-order valence-electron chi connectivity index (χ2n) is 9.22. The number of hydrogen-bond donors (Lipinski definition) is 1. The Morgan fingerprint density at radius 3 is 2.16 bits per heavy atom. The fourth-order valence-corrected chi connectivity index (χ4v) is 5.63. The summed E-state index contributed by atoms with van der Waals surface area (Å²) in [5.74, 6) is -0.854. The van der Waals surface area contributed by atoms with Crippen LogP contribution in [0.4, 0.5) is 5.69 Å². The van der Waals surface area contributed by atoms with E-state index in [2.05, 4.69) is 5.32 Å². The number of sulfonamides is 1. The molecule has 0 aliphatic rings. The van der Waals surface area contributed by atoms with Gasteiger partial charge in [-0.05, 0) is 62.6 Å². The Bertz CT molecular complexity index is 1370. The number of amides is 2. The zero-order chi connectivity index (χ0) is 27.9. The van der Waals surface area contributed by atoms with Crippen molar-refractivity contribution in [1.29, 1.82) is 0 Å². The molecule has 9 heteroatoms. The van der Waals surface area contributed by atoms with Crippen LogP contribution in [-0.4, -0.2) is 43.8 Å². The summed E-state index contributed by atoms with van der Waals surface area (Å²) >= 11 is 6.39. The summed E-state index contributed by atoms with van der Waals surface area (Å²) in [4.78, 5) is 28.5. The van der Waals surface area contributed by atoms with Crippen LogP contribution in [0.15, 0.2) is 83.8 Å². The first-order valence-corrected chi connectivity index (χ1v) is 14.3. The summed E-state index contributed by atoms with van der Waals surface area (Å²) in [5.41, 5.74) is 1.73. The molecule has 3 aromatic carbocycles. The number of benzene rings is 3. The van der Waals surface area contributed by atoms with E-state index >= 15 is 0 Å². The van der Waals surface area contributed by atoms with Gasteiger partial charge in [-0.25, -0.2) is 8.42 Å². The summed E-state index contributed by atoms with van der Waals surface area (Å²) in [5, 5.41) is 3.37. The molecule has 3 rings (SSSR count). The van der Waals surface area contributed by atoms with E-state index in [0.717, 1.165) is 10.7 Å². The first kappa shape index (κ1) is 29.2. The Morgan fingerprint density at radius 2 is 1.53 bits per heavy atom. The van der Waals surface area contributed by atoms with Crippen LogP contribution >= 0.6 is 11.6 Å². The lowest BCUT2D eigenvalue weighted by atomic mass is 10.1. The van der Waals surface area contributed by atoms with Gasteiger partial charge in [0.25, 0.3) is 10.0 Å². The van der Waals surface area contributed by atoms with Crippen molar-refractivity contribution in [2.24, 2.45) is 0 Å². The number of nitrogens with one attached hydrogen (secondary N) is 1. The highest BCUT2D eigenvalue weighted by molar-refractivity contribution is 7.92. The van der Waals surface area contributed by atoms with Crippen LogP contribution in [0, 0.1) is 6.92 Å². The topological polar surface area (TPSA) is 86.8 Å². The van der Waals surface area contributed by atoms with Gasteiger partial charge in [-0.3, -0.25) is 13.9 Å². The van der Waals surface area contributed by atoms with Gasteiger partial charge in [0.05, 0.1) is 10.6 Å². The molecule has 0 aliphatic heterocycles. The monoisotopic (exact) mass is 555 g/mol. The van der Waals surface area contributed by atoms with Gasteiger partial charge in [-0.2, -0.15) is 0 Å². The SMILES string of the molecule is CC[C@@H](C)NC(=O)[C@@H](C)N(Cc1ccccc1Cl)C(=O)CN(c1ccccc1C)S(=O)(=O)c1ccccc1. The van der Waals surface area contributed by atoms with Gasteiger partial charge in [0.15, 0.2) is 0 Å². The van der Waals surface area contributed by atoms with Crippen LogP contribution in [0.25, 0.3) is 0 Å². The Balaban J connectivity index is 2.04. The molecule has 1 N–H and O–H groups in total. The lowest BCUT2D eigenvalue weighted by Gasteiger charge is -2.33. The summed E-state index contributed by atoms with van der Waals surface area (Å²) in [7, 11) is -4.10. The molecule has 0 saturated carbocycles. The Hall–Kier alpha value is -3.36. The molecular formula is C29H34ClN3O4S. The highest BCUT2D eigenvalue weighted by Crippen LogP contribution is 2.27. The van der Waals surface area contributed by atoms with Crippen LogP contribution in [0.1, 0.15) is 38.3 Å². The third-order valence-corrected chi connectivity index (χ3v) is 8.60. The summed E-state index contributed by atoms with van der Waals surface area (Å²) < 4.78 is 28.7. The molecule has 2 atom stereocenters. The highest BCUT2D eigenvalue weighted by Gasteiger charge is 2.33. The van der Waals surface area contributed by atoms with E-state index in [9.17, 15) is 18.0 Å². The summed E-state index contributed by atoms with van der Waals surface area (Å²) in [6.07, 6.45) is 0.729. The minimum Gasteiger partial charge on any atom is -0.352 e. The largest absolute Gasteiger partial charge is 0.352 e. The Kier molecular flexibility index (Phi) is 9.94. The van der Waals surface area contributed by atoms with Gasteiger partial charge in [0.2, 0.25) is 11.8 Å². The lowest BCUT2D eigenvalue weighted by Crippen LogP contribution is -2.52. The van der Waals surface area contributed by atoms with E-state index in [4.69, 9.17) is 11.6 Å². The van der Waals surface area contributed by atoms with E-state index in [1.807, 2.05) is 13.8 Å². The van der Waals surface area contributed by atoms with Crippen LogP contribution in [0.5, 0.6) is 0 Å². The Morgan fingerprint density at radius 1 is 0.921 bits per heavy atom. The molecule has 0 aromatic heterocycles. The normalized spacial score (nSPS) is 12.9. The van der Waals surface area contributed by atoms with Crippen LogP contribution < -0.4 is 9.62 Å². The molecule has 0 spiro atoms. The molecule has 0 heterocycles. The van der Waals surface area contributed by atoms with Crippen molar-refractivity contribution in [1.82, 2.24) is 10.2 Å². The van der Waals surface area contributed by atoms with Crippen molar-refractivity contribution in [2.75, 3.05) is 10.8 Å². The van der Waals surface area contributed by atoms with E-state index in [1.54, 1.807) is 80.6 Å². The second kappa shape index (κ2) is 12.9. The predicted octanol–water partition coefficient (Wildman–Crippen LogP) is 5.18. The molecule has 0 unspecified atom stereocenters. The van der Waals surface area contributed by atoms with Gasteiger partial charge >= 0.3 is 0 Å². The molecule has 0 bridgehead atoms. The van der Waals surface area contributed by atoms with E-state index in [0.29, 0.717) is 21.8 Å². The smallest absolute Gasteiger partial charge is 0.264 e. The van der Waals surface area contributed by atoms with Gasteiger partial charge in [-0.15, -0.1) is 0 Å². The number of carbonyl (C=O) groups excluding carboxylic acids is 2. The first-order chi connectivity index (χ1) is 18.1. The first-order valence-electron chi connectivity index (χ1n) is 12.5. The van der Waals surface area contributed by atoms with E-state index in [-0.39, 0.29) is 23.4 Å². The van der Waals surface area contributed by atoms with Crippen molar-refractivity contribution < 1.29 is 18.0 Å². The molecule has 0 radical (unpaired) electrons. The van der Waals surface area contributed by atoms with Crippen LogP contribution in [-0.2, 0) is 26.2 Å². The number of anilines is 1. The summed E-state index contributed by atoms with van der Waals surface area (Å²) in [6, 6.07) is 21.1. The number of para-hydroxylation sites is 1. The average molecular weight is 556 g/mol. The van der Waals surface area contributed by atoms with Crippen LogP contribution in [0.3, 0.4) is 0 Å². The maximum Gasteiger partial charge on any atom is 0.264 e. The maximum atomic E-state index is 13.9. The third-order valence-electron chi connectivity index (χ3n) is 6.46. The van der Waals surface area contributed by atoms with E-state index < -0.39 is 28.5 Å². The number of rotatable bonds is 11. The minimum absolute atomic E-state index is 0.0423. The molecule has 202 valence electrons. The fraction of sp³-hybridized carbons (Fsp3) is 0.310. The zero-order valence-electron chi connectivity index (χ0n) is 22.1. The second-order valence-corrected chi connectivity index (χ2v) is 11.5. The van der Waals surface area contributed by atoms with Crippen molar-refractivity contribution in [2.45, 2.75) is 57.6 Å². The molecule has 0 aliphatic carbocycles. The Labute approximate surface area is 230 Å². The number of halogens is 1. The average Bonchev–Trinajstić information content (AvgIpc) is 2.91. The summed E-state index contributed by atoms with van der Waals surface area (Å²) in [6.45, 7) is 6.81.